The smallest absolute Gasteiger partial charge is 0.320 e. The quantitative estimate of drug-likeness (QED) is 0.0404. The molecular formula is C58H86N10O14. The van der Waals surface area contributed by atoms with Crippen LogP contribution in [0.5, 0.6) is 0 Å². The van der Waals surface area contributed by atoms with Crippen LogP contribution in [0.15, 0.2) is 122 Å². The molecule has 0 aliphatic carbocycles. The third-order valence-corrected chi connectivity index (χ3v) is 12.0. The normalized spacial score (nSPS) is 13.3. The minimum absolute atomic E-state index is 0.0718. The van der Waals surface area contributed by atoms with E-state index in [0.29, 0.717) is 51.0 Å². The van der Waals surface area contributed by atoms with Gasteiger partial charge >= 0.3 is 41.8 Å². The minimum atomic E-state index is -0.972. The van der Waals surface area contributed by atoms with Crippen LogP contribution in [0.1, 0.15) is 82.1 Å². The summed E-state index contributed by atoms with van der Waals surface area (Å²) in [6, 6.07) is 28.8. The van der Waals surface area contributed by atoms with Crippen molar-refractivity contribution in [3.8, 4) is 0 Å². The van der Waals surface area contributed by atoms with Crippen LogP contribution in [-0.4, -0.2) is 136 Å². The molecule has 0 aliphatic heterocycles. The van der Waals surface area contributed by atoms with Crippen LogP contribution < -0.4 is 45.9 Å². The molecule has 24 nitrogen and oxygen atoms in total. The summed E-state index contributed by atoms with van der Waals surface area (Å²) in [5.41, 5.74) is 48.4. The van der Waals surface area contributed by atoms with Gasteiger partial charge < -0.3 is 91.6 Å². The summed E-state index contributed by atoms with van der Waals surface area (Å²) in [5, 5.41) is 61.5. The second-order valence-electron chi connectivity index (χ2n) is 19.3. The fourth-order valence-corrected chi connectivity index (χ4v) is 6.90. The van der Waals surface area contributed by atoms with Crippen molar-refractivity contribution in [3.63, 3.8) is 0 Å². The van der Waals surface area contributed by atoms with Crippen LogP contribution in [0.25, 0.3) is 21.8 Å². The van der Waals surface area contributed by atoms with E-state index in [1.807, 2.05) is 149 Å². The van der Waals surface area contributed by atoms with Crippen molar-refractivity contribution in [1.29, 1.82) is 0 Å². The highest BCUT2D eigenvalue weighted by Gasteiger charge is 2.19. The zero-order valence-electron chi connectivity index (χ0n) is 46.9. The largest absolute Gasteiger partial charge is 0.480 e. The number of rotatable bonds is 23. The first-order chi connectivity index (χ1) is 38.6. The van der Waals surface area contributed by atoms with Crippen molar-refractivity contribution < 1.29 is 69.3 Å². The van der Waals surface area contributed by atoms with Crippen molar-refractivity contribution >= 4 is 63.6 Å². The van der Waals surface area contributed by atoms with Crippen molar-refractivity contribution in [1.82, 2.24) is 9.97 Å². The van der Waals surface area contributed by atoms with Gasteiger partial charge in [0, 0.05) is 47.0 Å². The molecule has 4 aromatic carbocycles. The summed E-state index contributed by atoms with van der Waals surface area (Å²) < 4.78 is 0. The number of hydrogen-bond donors (Lipinski definition) is 17. The lowest BCUT2D eigenvalue weighted by Crippen LogP contribution is -2.36. The number of nitrogens with one attached hydrogen (secondary N) is 2. The highest BCUT2D eigenvalue weighted by molar-refractivity contribution is 5.85. The number of benzene rings is 4. The number of aromatic amines is 2. The SMILES string of the molecule is CC(C)CC(N)C(=O)O.CCC(C)C(N)C(=O)O.NC(Cc1c[nH]c2ccccc12)C(=O)O.NC(Cc1c[nH]c2ccccc12)C(=O)O.NC(Cc1ccccc1)C(=O)O.NC(Cc1ccccc1)C(=O)O.NCCCCC(N)C(=O)O. The van der Waals surface area contributed by atoms with Gasteiger partial charge in [-0.05, 0) is 84.9 Å². The Hall–Kier alpha value is -8.07. The fraction of sp³-hybridized carbons (Fsp3) is 0.397. The Labute approximate surface area is 477 Å². The standard InChI is InChI=1S/2C11H12N2O2.2C9H11NO2.C6H14N2O2.2C6H13NO2/c2*12-9(11(14)15)5-7-6-13-10-4-2-1-3-8(7)10;2*10-8(9(11)12)6-7-4-2-1-3-5-7;7-4-2-1-3-5(8)6(9)10;1-4(2)3-5(7)6(8)9;1-3-4(2)5(7)6(8)9/h2*1-4,6,9,13H,5,12H2,(H,14,15);2*1-5,8H,6,10H2,(H,11,12);5H,1-4,7-8H2,(H,9,10);2*4-5H,3,7H2,1-2H3,(H,8,9). The first kappa shape index (κ1) is 73.9. The second-order valence-corrected chi connectivity index (χ2v) is 19.3. The molecule has 0 bridgehead atoms. The predicted octanol–water partition coefficient (Wildman–Crippen LogP) is 3.94. The zero-order chi connectivity index (χ0) is 62.5. The van der Waals surface area contributed by atoms with Crippen molar-refractivity contribution in [2.45, 2.75) is 128 Å². The van der Waals surface area contributed by atoms with Crippen molar-refractivity contribution in [2.75, 3.05) is 6.54 Å². The molecule has 82 heavy (non-hydrogen) atoms. The molecule has 0 saturated heterocycles. The van der Waals surface area contributed by atoms with Crippen LogP contribution in [0, 0.1) is 11.8 Å². The van der Waals surface area contributed by atoms with Gasteiger partial charge in [0.15, 0.2) is 0 Å². The number of unbranched alkanes of at least 4 members (excludes halogenated alkanes) is 1. The highest BCUT2D eigenvalue weighted by Crippen LogP contribution is 2.20. The van der Waals surface area contributed by atoms with Gasteiger partial charge in [-0.2, -0.15) is 0 Å². The lowest BCUT2D eigenvalue weighted by Gasteiger charge is -2.11. The van der Waals surface area contributed by atoms with Crippen LogP contribution in [0.4, 0.5) is 0 Å². The van der Waals surface area contributed by atoms with Gasteiger partial charge in [-0.3, -0.25) is 33.6 Å². The van der Waals surface area contributed by atoms with Gasteiger partial charge in [-0.15, -0.1) is 0 Å². The summed E-state index contributed by atoms with van der Waals surface area (Å²) in [6.07, 6.45) is 8.62. The molecule has 25 N–H and O–H groups in total. The number of H-pyrrole nitrogens is 2. The van der Waals surface area contributed by atoms with Crippen molar-refractivity contribution in [3.05, 3.63) is 144 Å². The van der Waals surface area contributed by atoms with Gasteiger partial charge in [-0.25, -0.2) is 0 Å². The number of carbonyl (C=O) groups is 7. The molecule has 452 valence electrons. The summed E-state index contributed by atoms with van der Waals surface area (Å²) in [7, 11) is 0. The minimum Gasteiger partial charge on any atom is -0.480 e. The molecule has 0 spiro atoms. The van der Waals surface area contributed by atoms with E-state index in [2.05, 4.69) is 9.97 Å². The molecule has 8 atom stereocenters. The highest BCUT2D eigenvalue weighted by atomic mass is 16.4. The molecule has 24 heteroatoms. The van der Waals surface area contributed by atoms with Gasteiger partial charge in [0.05, 0.1) is 0 Å². The molecule has 6 rings (SSSR count). The molecule has 0 fully saturated rings. The number of carboxylic acids is 7. The van der Waals surface area contributed by atoms with E-state index in [1.165, 1.54) is 0 Å². The number of fused-ring (bicyclic) bond motifs is 2. The maximum absolute atomic E-state index is 10.6. The number of nitrogens with two attached hydrogens (primary N) is 8. The predicted molar refractivity (Wildman–Crippen MR) is 315 cm³/mol. The Balaban J connectivity index is 0.000000943. The monoisotopic (exact) mass is 1150 g/mol. The van der Waals surface area contributed by atoms with E-state index in [0.717, 1.165) is 63.3 Å². The second kappa shape index (κ2) is 41.0. The van der Waals surface area contributed by atoms with Crippen LogP contribution in [0.3, 0.4) is 0 Å². The van der Waals surface area contributed by atoms with E-state index in [4.69, 9.17) is 81.6 Å². The Morgan fingerprint density at radius 1 is 0.427 bits per heavy atom. The van der Waals surface area contributed by atoms with Gasteiger partial charge in [0.1, 0.15) is 42.3 Å². The summed E-state index contributed by atoms with van der Waals surface area (Å²) >= 11 is 0. The number of aliphatic carboxylic acids is 7. The molecule has 0 saturated carbocycles. The Kier molecular flexibility index (Phi) is 37.0. The first-order valence-corrected chi connectivity index (χ1v) is 26.3. The van der Waals surface area contributed by atoms with E-state index in [-0.39, 0.29) is 5.92 Å². The van der Waals surface area contributed by atoms with Gasteiger partial charge in [0.2, 0.25) is 0 Å². The summed E-state index contributed by atoms with van der Waals surface area (Å²) in [5.74, 6) is -6.19. The average molecular weight is 1150 g/mol. The summed E-state index contributed by atoms with van der Waals surface area (Å²) in [6.45, 7) is 8.25. The molecule has 2 aromatic heterocycles. The molecule has 0 radical (unpaired) electrons. The number of carboxylic acid groups (broad SMARTS) is 7. The lowest BCUT2D eigenvalue weighted by molar-refractivity contribution is -0.140. The van der Waals surface area contributed by atoms with Crippen molar-refractivity contribution in [2.24, 2.45) is 57.7 Å². The Morgan fingerprint density at radius 3 is 1.04 bits per heavy atom. The molecule has 8 unspecified atom stereocenters. The third-order valence-electron chi connectivity index (χ3n) is 12.0. The number of aromatic nitrogens is 2. The number of hydrogen-bond acceptors (Lipinski definition) is 15. The molecule has 0 aliphatic rings. The fourth-order valence-electron chi connectivity index (χ4n) is 6.90. The van der Waals surface area contributed by atoms with Crippen LogP contribution >= 0.6 is 0 Å². The Bertz CT molecular complexity index is 2650. The van der Waals surface area contributed by atoms with E-state index in [9.17, 15) is 33.6 Å². The van der Waals surface area contributed by atoms with E-state index >= 15 is 0 Å². The molecule has 0 amide bonds. The van der Waals surface area contributed by atoms with E-state index < -0.39 is 84.1 Å². The van der Waals surface area contributed by atoms with Gasteiger partial charge in [-0.1, -0.05) is 138 Å². The lowest BCUT2D eigenvalue weighted by atomic mass is 10.0. The maximum atomic E-state index is 10.6. The maximum Gasteiger partial charge on any atom is 0.320 e. The van der Waals surface area contributed by atoms with Crippen LogP contribution in [-0.2, 0) is 59.2 Å². The van der Waals surface area contributed by atoms with Crippen LogP contribution in [0.2, 0.25) is 0 Å². The topological polar surface area (TPSA) is 501 Å². The number of para-hydroxylation sites is 2. The molecule has 2 heterocycles. The third kappa shape index (κ3) is 31.6. The van der Waals surface area contributed by atoms with Gasteiger partial charge in [0.25, 0.3) is 0 Å². The average Bonchev–Trinajstić information content (AvgIpc) is 4.07. The molecular weight excluding hydrogens is 1060 g/mol. The Morgan fingerprint density at radius 2 is 0.756 bits per heavy atom. The molecule has 6 aromatic rings. The van der Waals surface area contributed by atoms with E-state index in [1.54, 1.807) is 0 Å². The zero-order valence-corrected chi connectivity index (χ0v) is 46.9. The first-order valence-electron chi connectivity index (χ1n) is 26.3. The summed E-state index contributed by atoms with van der Waals surface area (Å²) in [4.78, 5) is 78.6.